The molecule has 0 aliphatic heterocycles. The molecule has 4 rings (SSSR count). The van der Waals surface area contributed by atoms with E-state index >= 15 is 0 Å². The van der Waals surface area contributed by atoms with Gasteiger partial charge in [-0.05, 0) is 61.0 Å². The van der Waals surface area contributed by atoms with Crippen molar-refractivity contribution in [1.29, 1.82) is 0 Å². The van der Waals surface area contributed by atoms with Gasteiger partial charge in [0.05, 0.1) is 24.8 Å². The summed E-state index contributed by atoms with van der Waals surface area (Å²) in [5.74, 6) is 1.24. The molecular formula is C23H18BrClN2O4. The number of hydrogen-bond donors (Lipinski definition) is 1. The highest BCUT2D eigenvalue weighted by Gasteiger charge is 2.17. The predicted octanol–water partition coefficient (Wildman–Crippen LogP) is 6.49. The van der Waals surface area contributed by atoms with E-state index < -0.39 is 0 Å². The van der Waals surface area contributed by atoms with Gasteiger partial charge in [0.25, 0.3) is 5.91 Å². The summed E-state index contributed by atoms with van der Waals surface area (Å²) in [5.41, 5.74) is 3.81. The Morgan fingerprint density at radius 1 is 1.10 bits per heavy atom. The van der Waals surface area contributed by atoms with Gasteiger partial charge >= 0.3 is 0 Å². The predicted molar refractivity (Wildman–Crippen MR) is 124 cm³/mol. The first-order valence-electron chi connectivity index (χ1n) is 9.29. The molecule has 31 heavy (non-hydrogen) atoms. The maximum absolute atomic E-state index is 12.9. The molecule has 0 spiro atoms. The Hall–Kier alpha value is -3.03. The van der Waals surface area contributed by atoms with Crippen molar-refractivity contribution in [2.45, 2.75) is 6.92 Å². The number of aromatic nitrogens is 1. The molecule has 0 radical (unpaired) electrons. The number of rotatable bonds is 5. The lowest BCUT2D eigenvalue weighted by Gasteiger charge is -2.12. The van der Waals surface area contributed by atoms with Crippen molar-refractivity contribution in [3.8, 4) is 23.0 Å². The van der Waals surface area contributed by atoms with Gasteiger partial charge in [0, 0.05) is 15.7 Å². The first-order chi connectivity index (χ1) is 14.9. The molecule has 0 atom stereocenters. The van der Waals surface area contributed by atoms with E-state index in [1.165, 1.54) is 0 Å². The number of anilines is 1. The molecule has 8 heteroatoms. The Labute approximate surface area is 192 Å². The third-order valence-corrected chi connectivity index (χ3v) is 5.49. The number of aryl methyl sites for hydroxylation is 1. The zero-order chi connectivity index (χ0) is 22.1. The molecule has 6 nitrogen and oxygen atoms in total. The summed E-state index contributed by atoms with van der Waals surface area (Å²) in [5, 5.41) is 3.36. The number of fused-ring (bicyclic) bond motifs is 1. The van der Waals surface area contributed by atoms with Gasteiger partial charge in [-0.2, -0.15) is 0 Å². The molecule has 0 bridgehead atoms. The topological polar surface area (TPSA) is 73.6 Å². The van der Waals surface area contributed by atoms with Gasteiger partial charge in [-0.15, -0.1) is 0 Å². The Kier molecular flexibility index (Phi) is 5.89. The summed E-state index contributed by atoms with van der Waals surface area (Å²) >= 11 is 9.64. The molecular weight excluding hydrogens is 484 g/mol. The smallest absolute Gasteiger partial charge is 0.259 e. The van der Waals surface area contributed by atoms with Crippen LogP contribution in [0.3, 0.4) is 0 Å². The molecule has 0 saturated carbocycles. The third kappa shape index (κ3) is 4.24. The van der Waals surface area contributed by atoms with E-state index in [1.807, 2.05) is 19.1 Å². The van der Waals surface area contributed by atoms with Crippen molar-refractivity contribution in [3.05, 3.63) is 69.2 Å². The van der Waals surface area contributed by atoms with Gasteiger partial charge in [-0.3, -0.25) is 4.79 Å². The summed E-state index contributed by atoms with van der Waals surface area (Å²) < 4.78 is 17.2. The van der Waals surface area contributed by atoms with Crippen LogP contribution in [0.15, 0.2) is 57.4 Å². The summed E-state index contributed by atoms with van der Waals surface area (Å²) in [7, 11) is 3.10. The number of benzene rings is 3. The molecule has 4 aromatic rings. The molecule has 1 N–H and O–H groups in total. The minimum Gasteiger partial charge on any atom is -0.496 e. The number of carbonyl (C=O) groups excluding carboxylic acids is 1. The number of methoxy groups -OCH3 is 2. The monoisotopic (exact) mass is 500 g/mol. The maximum atomic E-state index is 12.9. The van der Waals surface area contributed by atoms with Crippen molar-refractivity contribution in [3.63, 3.8) is 0 Å². The summed E-state index contributed by atoms with van der Waals surface area (Å²) in [4.78, 5) is 17.4. The number of nitrogens with one attached hydrogen (secondary N) is 1. The Morgan fingerprint density at radius 3 is 2.61 bits per heavy atom. The fraction of sp³-hybridized carbons (Fsp3) is 0.130. The van der Waals surface area contributed by atoms with Gasteiger partial charge < -0.3 is 19.2 Å². The van der Waals surface area contributed by atoms with Crippen LogP contribution in [0, 0.1) is 6.92 Å². The molecule has 0 saturated heterocycles. The van der Waals surface area contributed by atoms with E-state index in [2.05, 4.69) is 26.2 Å². The highest BCUT2D eigenvalue weighted by molar-refractivity contribution is 9.10. The first kappa shape index (κ1) is 21.2. The molecule has 158 valence electrons. The van der Waals surface area contributed by atoms with Crippen LogP contribution in [0.5, 0.6) is 11.5 Å². The molecule has 0 aliphatic carbocycles. The third-order valence-electron chi connectivity index (χ3n) is 4.73. The van der Waals surface area contributed by atoms with E-state index in [9.17, 15) is 4.79 Å². The Balaban J connectivity index is 1.63. The van der Waals surface area contributed by atoms with E-state index in [1.54, 1.807) is 50.6 Å². The second-order valence-electron chi connectivity index (χ2n) is 6.81. The summed E-state index contributed by atoms with van der Waals surface area (Å²) in [6.45, 7) is 1.88. The van der Waals surface area contributed by atoms with Crippen molar-refractivity contribution < 1.29 is 18.7 Å². The van der Waals surface area contributed by atoms with Crippen LogP contribution in [0.2, 0.25) is 5.02 Å². The number of carbonyl (C=O) groups is 1. The molecule has 1 aromatic heterocycles. The number of oxazole rings is 1. The normalized spacial score (nSPS) is 10.9. The molecule has 1 heterocycles. The first-order valence-corrected chi connectivity index (χ1v) is 10.5. The number of halogens is 2. The summed E-state index contributed by atoms with van der Waals surface area (Å²) in [6, 6.07) is 14.2. The van der Waals surface area contributed by atoms with Crippen LogP contribution in [0.1, 0.15) is 15.9 Å². The van der Waals surface area contributed by atoms with Crippen LogP contribution in [-0.4, -0.2) is 25.1 Å². The van der Waals surface area contributed by atoms with Gasteiger partial charge in [0.15, 0.2) is 5.58 Å². The standard InChI is InChI=1S/C23H18BrClN2O4/c1-12-8-14(24)10-16(21(12)30-3)22(28)26-15-5-7-20-18(11-15)27-23(31-20)13-4-6-19(29-2)17(25)9-13/h4-11H,1-3H3,(H,26,28). The number of hydrogen-bond acceptors (Lipinski definition) is 5. The highest BCUT2D eigenvalue weighted by atomic mass is 79.9. The minimum absolute atomic E-state index is 0.286. The number of amides is 1. The molecule has 0 aliphatic rings. The fourth-order valence-corrected chi connectivity index (χ4v) is 4.13. The van der Waals surface area contributed by atoms with Crippen LogP contribution in [-0.2, 0) is 0 Å². The van der Waals surface area contributed by atoms with Gasteiger partial charge in [0.2, 0.25) is 5.89 Å². The van der Waals surface area contributed by atoms with Crippen LogP contribution < -0.4 is 14.8 Å². The van der Waals surface area contributed by atoms with Crippen molar-refractivity contribution in [2.24, 2.45) is 0 Å². The van der Waals surface area contributed by atoms with E-state index in [4.69, 9.17) is 25.5 Å². The molecule has 3 aromatic carbocycles. The number of nitrogens with zero attached hydrogens (tertiary/aromatic N) is 1. The SMILES string of the molecule is COc1ccc(-c2nc3cc(NC(=O)c4cc(Br)cc(C)c4OC)ccc3o2)cc1Cl. The van der Waals surface area contributed by atoms with Crippen LogP contribution in [0.4, 0.5) is 5.69 Å². The van der Waals surface area contributed by atoms with Crippen molar-refractivity contribution in [1.82, 2.24) is 4.98 Å². The van der Waals surface area contributed by atoms with E-state index in [-0.39, 0.29) is 5.91 Å². The lowest BCUT2D eigenvalue weighted by atomic mass is 10.1. The Morgan fingerprint density at radius 2 is 1.90 bits per heavy atom. The zero-order valence-electron chi connectivity index (χ0n) is 17.0. The largest absolute Gasteiger partial charge is 0.496 e. The van der Waals surface area contributed by atoms with Crippen LogP contribution >= 0.6 is 27.5 Å². The van der Waals surface area contributed by atoms with Crippen LogP contribution in [0.25, 0.3) is 22.6 Å². The molecule has 1 amide bonds. The zero-order valence-corrected chi connectivity index (χ0v) is 19.3. The average Bonchev–Trinajstić information content (AvgIpc) is 3.16. The quantitative estimate of drug-likeness (QED) is 0.338. The second kappa shape index (κ2) is 8.61. The van der Waals surface area contributed by atoms with E-state index in [0.717, 1.165) is 15.6 Å². The minimum atomic E-state index is -0.286. The maximum Gasteiger partial charge on any atom is 0.259 e. The van der Waals surface area contributed by atoms with Gasteiger partial charge in [-0.25, -0.2) is 4.98 Å². The molecule has 0 unspecified atom stereocenters. The van der Waals surface area contributed by atoms with E-state index in [0.29, 0.717) is 44.8 Å². The average molecular weight is 502 g/mol. The molecule has 0 fully saturated rings. The lowest BCUT2D eigenvalue weighted by Crippen LogP contribution is -2.13. The van der Waals surface area contributed by atoms with Crippen molar-refractivity contribution in [2.75, 3.05) is 19.5 Å². The van der Waals surface area contributed by atoms with Gasteiger partial charge in [-0.1, -0.05) is 27.5 Å². The van der Waals surface area contributed by atoms with Crippen molar-refractivity contribution >= 4 is 50.2 Å². The second-order valence-corrected chi connectivity index (χ2v) is 8.13. The number of ether oxygens (including phenoxy) is 2. The highest BCUT2D eigenvalue weighted by Crippen LogP contribution is 2.33. The lowest BCUT2D eigenvalue weighted by molar-refractivity contribution is 0.102. The Bertz CT molecular complexity index is 1300. The fourth-order valence-electron chi connectivity index (χ4n) is 3.30. The summed E-state index contributed by atoms with van der Waals surface area (Å²) in [6.07, 6.45) is 0. The van der Waals surface area contributed by atoms with Gasteiger partial charge in [0.1, 0.15) is 17.0 Å².